The van der Waals surface area contributed by atoms with Crippen LogP contribution >= 0.6 is 0 Å². The van der Waals surface area contributed by atoms with Gasteiger partial charge in [-0.15, -0.1) is 0 Å². The number of fused-ring (bicyclic) bond motifs is 1. The molecule has 9 heteroatoms. The fraction of sp³-hybridized carbons (Fsp3) is 0.476. The highest BCUT2D eigenvalue weighted by molar-refractivity contribution is 5.88. The molecule has 2 fully saturated rings. The van der Waals surface area contributed by atoms with Crippen LogP contribution < -0.4 is 4.74 Å². The van der Waals surface area contributed by atoms with Gasteiger partial charge in [0.25, 0.3) is 0 Å². The molecule has 0 spiro atoms. The maximum atomic E-state index is 10.1. The molecule has 1 unspecified atom stereocenters. The Morgan fingerprint density at radius 3 is 2.93 bits per heavy atom. The van der Waals surface area contributed by atoms with Crippen LogP contribution in [0, 0.1) is 0 Å². The summed E-state index contributed by atoms with van der Waals surface area (Å²) in [7, 11) is 1.81. The molecule has 0 aromatic carbocycles. The molecule has 30 heavy (non-hydrogen) atoms. The van der Waals surface area contributed by atoms with E-state index in [4.69, 9.17) is 24.3 Å². The first-order valence-corrected chi connectivity index (χ1v) is 10.2. The lowest BCUT2D eigenvalue weighted by atomic mass is 10.1. The van der Waals surface area contributed by atoms with Crippen LogP contribution in [0.15, 0.2) is 25.0 Å². The standard InChI is InChI=1S/C21H25N5O4/c1-3-16-14-8-13(9-22-20(14)26(24-16)19-6-4-5-7-29-19)15-10-23-25(2)21(15)30-18-12-28-11-17(18)27/h3,8-10,17-19,27H,1,4-7,11-12H2,2H3/t17-,18-,19?/m0/s1. The second kappa shape index (κ2) is 7.82. The lowest BCUT2D eigenvalue weighted by Gasteiger charge is -2.23. The van der Waals surface area contributed by atoms with Gasteiger partial charge in [-0.3, -0.25) is 0 Å². The molecule has 0 saturated carbocycles. The highest BCUT2D eigenvalue weighted by Gasteiger charge is 2.30. The van der Waals surface area contributed by atoms with E-state index in [2.05, 4.69) is 11.7 Å². The Balaban J connectivity index is 1.54. The van der Waals surface area contributed by atoms with Gasteiger partial charge in [0.1, 0.15) is 6.10 Å². The van der Waals surface area contributed by atoms with Crippen LogP contribution in [-0.4, -0.2) is 61.7 Å². The molecule has 0 aliphatic carbocycles. The summed E-state index contributed by atoms with van der Waals surface area (Å²) < 4.78 is 20.8. The van der Waals surface area contributed by atoms with Crippen molar-refractivity contribution in [3.05, 3.63) is 30.7 Å². The largest absolute Gasteiger partial charge is 0.469 e. The summed E-state index contributed by atoms with van der Waals surface area (Å²) in [6.07, 6.45) is 7.19. The summed E-state index contributed by atoms with van der Waals surface area (Å²) in [5.41, 5.74) is 3.18. The lowest BCUT2D eigenvalue weighted by Crippen LogP contribution is -2.30. The minimum atomic E-state index is -0.658. The van der Waals surface area contributed by atoms with Gasteiger partial charge in [-0.2, -0.15) is 10.2 Å². The fourth-order valence-electron chi connectivity index (χ4n) is 4.00. The molecule has 1 N–H and O–H groups in total. The molecule has 9 nitrogen and oxygen atoms in total. The number of aliphatic hydroxyl groups is 1. The Bertz CT molecular complexity index is 1070. The number of pyridine rings is 1. The van der Waals surface area contributed by atoms with Gasteiger partial charge in [0.2, 0.25) is 5.88 Å². The number of hydrogen-bond acceptors (Lipinski definition) is 7. The Morgan fingerprint density at radius 1 is 1.30 bits per heavy atom. The highest BCUT2D eigenvalue weighted by Crippen LogP contribution is 2.34. The van der Waals surface area contributed by atoms with Gasteiger partial charge >= 0.3 is 0 Å². The van der Waals surface area contributed by atoms with E-state index in [-0.39, 0.29) is 12.8 Å². The Hall–Kier alpha value is -2.75. The van der Waals surface area contributed by atoms with Gasteiger partial charge in [0, 0.05) is 30.8 Å². The average Bonchev–Trinajstić information content (AvgIpc) is 3.46. The molecule has 5 rings (SSSR count). The lowest BCUT2D eigenvalue weighted by molar-refractivity contribution is -0.0370. The van der Waals surface area contributed by atoms with Crippen LogP contribution in [-0.2, 0) is 16.5 Å². The number of aromatic nitrogens is 5. The first-order chi connectivity index (χ1) is 14.7. The number of rotatable bonds is 5. The van der Waals surface area contributed by atoms with Crippen molar-refractivity contribution in [3.63, 3.8) is 0 Å². The van der Waals surface area contributed by atoms with Crippen molar-refractivity contribution < 1.29 is 19.3 Å². The summed E-state index contributed by atoms with van der Waals surface area (Å²) in [6.45, 7) is 5.27. The highest BCUT2D eigenvalue weighted by atomic mass is 16.6. The number of nitrogens with zero attached hydrogens (tertiary/aromatic N) is 5. The van der Waals surface area contributed by atoms with Crippen molar-refractivity contribution in [2.24, 2.45) is 7.05 Å². The summed E-state index contributed by atoms with van der Waals surface area (Å²) in [5, 5.41) is 20.0. The van der Waals surface area contributed by atoms with Gasteiger partial charge < -0.3 is 19.3 Å². The molecular formula is C21H25N5O4. The predicted molar refractivity (Wildman–Crippen MR) is 110 cm³/mol. The van der Waals surface area contributed by atoms with Crippen molar-refractivity contribution in [2.75, 3.05) is 19.8 Å². The molecule has 5 heterocycles. The van der Waals surface area contributed by atoms with E-state index in [0.717, 1.165) is 53.7 Å². The maximum Gasteiger partial charge on any atom is 0.220 e. The predicted octanol–water partition coefficient (Wildman–Crippen LogP) is 2.31. The molecule has 0 radical (unpaired) electrons. The van der Waals surface area contributed by atoms with E-state index < -0.39 is 12.2 Å². The number of aliphatic hydroxyl groups excluding tert-OH is 1. The number of hydrogen-bond donors (Lipinski definition) is 1. The molecule has 2 aliphatic rings. The zero-order valence-electron chi connectivity index (χ0n) is 16.9. The van der Waals surface area contributed by atoms with E-state index in [1.54, 1.807) is 30.2 Å². The molecule has 2 aliphatic heterocycles. The van der Waals surface area contributed by atoms with E-state index in [9.17, 15) is 5.11 Å². The molecular weight excluding hydrogens is 386 g/mol. The minimum absolute atomic E-state index is 0.102. The van der Waals surface area contributed by atoms with Crippen LogP contribution in [0.4, 0.5) is 0 Å². The van der Waals surface area contributed by atoms with Crippen LogP contribution in [0.1, 0.15) is 31.2 Å². The molecule has 158 valence electrons. The normalized spacial score (nSPS) is 24.4. The van der Waals surface area contributed by atoms with Crippen molar-refractivity contribution in [3.8, 4) is 17.0 Å². The zero-order valence-corrected chi connectivity index (χ0v) is 16.9. The maximum absolute atomic E-state index is 10.1. The molecule has 0 bridgehead atoms. The summed E-state index contributed by atoms with van der Waals surface area (Å²) in [6, 6.07) is 2.02. The third kappa shape index (κ3) is 3.28. The summed E-state index contributed by atoms with van der Waals surface area (Å²) in [4.78, 5) is 4.70. The van der Waals surface area contributed by atoms with Gasteiger partial charge in [0.05, 0.1) is 30.7 Å². The van der Waals surface area contributed by atoms with Gasteiger partial charge in [0.15, 0.2) is 18.0 Å². The monoisotopic (exact) mass is 411 g/mol. The Labute approximate surface area is 173 Å². The first-order valence-electron chi connectivity index (χ1n) is 10.2. The van der Waals surface area contributed by atoms with E-state index in [0.29, 0.717) is 12.5 Å². The second-order valence-electron chi connectivity index (χ2n) is 7.70. The van der Waals surface area contributed by atoms with Gasteiger partial charge in [-0.25, -0.2) is 14.3 Å². The van der Waals surface area contributed by atoms with E-state index >= 15 is 0 Å². The minimum Gasteiger partial charge on any atom is -0.469 e. The van der Waals surface area contributed by atoms with Crippen molar-refractivity contribution in [1.29, 1.82) is 0 Å². The third-order valence-corrected chi connectivity index (χ3v) is 5.66. The fourth-order valence-corrected chi connectivity index (χ4v) is 4.00. The number of ether oxygens (including phenoxy) is 3. The van der Waals surface area contributed by atoms with Crippen LogP contribution in [0.5, 0.6) is 5.88 Å². The summed E-state index contributed by atoms with van der Waals surface area (Å²) in [5.74, 6) is 0.564. The van der Waals surface area contributed by atoms with Crippen LogP contribution in [0.3, 0.4) is 0 Å². The quantitative estimate of drug-likeness (QED) is 0.688. The van der Waals surface area contributed by atoms with Crippen molar-refractivity contribution in [2.45, 2.75) is 37.7 Å². The average molecular weight is 411 g/mol. The van der Waals surface area contributed by atoms with Crippen molar-refractivity contribution >= 4 is 17.1 Å². The van der Waals surface area contributed by atoms with Gasteiger partial charge in [-0.05, 0) is 31.4 Å². The molecule has 2 saturated heterocycles. The SMILES string of the molecule is C=Cc1nn(C2CCCCO2)c2ncc(-c3cnn(C)c3O[C@H]3COC[C@@H]3O)cc12. The topological polar surface area (TPSA) is 96.5 Å². The molecule has 0 amide bonds. The van der Waals surface area contributed by atoms with E-state index in [1.165, 1.54) is 0 Å². The van der Waals surface area contributed by atoms with Gasteiger partial charge in [-0.1, -0.05) is 6.58 Å². The number of aryl methyl sites for hydroxylation is 1. The van der Waals surface area contributed by atoms with Crippen molar-refractivity contribution in [1.82, 2.24) is 24.5 Å². The smallest absolute Gasteiger partial charge is 0.220 e. The van der Waals surface area contributed by atoms with E-state index in [1.807, 2.05) is 10.7 Å². The first kappa shape index (κ1) is 19.2. The molecule has 3 aromatic heterocycles. The molecule has 3 atom stereocenters. The Morgan fingerprint density at radius 2 is 2.20 bits per heavy atom. The zero-order chi connectivity index (χ0) is 20.7. The van der Waals surface area contributed by atoms with Crippen LogP contribution in [0.25, 0.3) is 28.2 Å². The Kier molecular flexibility index (Phi) is 5.01. The second-order valence-corrected chi connectivity index (χ2v) is 7.70. The summed E-state index contributed by atoms with van der Waals surface area (Å²) >= 11 is 0. The van der Waals surface area contributed by atoms with Crippen LogP contribution in [0.2, 0.25) is 0 Å². The molecule has 3 aromatic rings. The third-order valence-electron chi connectivity index (χ3n) is 5.66.